The highest BCUT2D eigenvalue weighted by atomic mass is 16.5. The number of amides is 2. The first-order valence-electron chi connectivity index (χ1n) is 5.97. The molecule has 1 rings (SSSR count). The van der Waals surface area contributed by atoms with Crippen molar-refractivity contribution in [3.63, 3.8) is 0 Å². The van der Waals surface area contributed by atoms with Gasteiger partial charge in [0.1, 0.15) is 12.0 Å². The average Bonchev–Trinajstić information content (AvgIpc) is 2.76. The number of nitrogens with one attached hydrogen (secondary N) is 1. The molecule has 0 aliphatic carbocycles. The summed E-state index contributed by atoms with van der Waals surface area (Å²) in [6.45, 7) is 5.96. The number of rotatable bonds is 5. The number of hydrogen-bond donors (Lipinski definition) is 2. The van der Waals surface area contributed by atoms with Crippen LogP contribution >= 0.6 is 0 Å². The smallest absolute Gasteiger partial charge is 0.318 e. The molecule has 1 aromatic rings. The van der Waals surface area contributed by atoms with Gasteiger partial charge in [-0.15, -0.1) is 0 Å². The van der Waals surface area contributed by atoms with Crippen molar-refractivity contribution in [2.24, 2.45) is 0 Å². The van der Waals surface area contributed by atoms with Crippen LogP contribution in [0.2, 0.25) is 0 Å². The van der Waals surface area contributed by atoms with Crippen LogP contribution in [0.4, 0.5) is 4.79 Å². The first kappa shape index (κ1) is 15.0. The number of carboxylic acids is 1. The van der Waals surface area contributed by atoms with E-state index < -0.39 is 11.5 Å². The number of hydrogen-bond acceptors (Lipinski definition) is 4. The summed E-state index contributed by atoms with van der Waals surface area (Å²) < 4.78 is 4.66. The zero-order valence-corrected chi connectivity index (χ0v) is 11.3. The van der Waals surface area contributed by atoms with Gasteiger partial charge in [-0.05, 0) is 20.8 Å². The van der Waals surface area contributed by atoms with E-state index in [0.717, 1.165) is 0 Å². The molecule has 1 aromatic heterocycles. The van der Waals surface area contributed by atoms with Gasteiger partial charge in [0.15, 0.2) is 0 Å². The summed E-state index contributed by atoms with van der Waals surface area (Å²) in [5, 5.41) is 15.1. The van der Waals surface area contributed by atoms with Crippen molar-refractivity contribution in [3.05, 3.63) is 18.0 Å². The first-order valence-corrected chi connectivity index (χ1v) is 5.97. The van der Waals surface area contributed by atoms with Gasteiger partial charge < -0.3 is 19.8 Å². The fourth-order valence-electron chi connectivity index (χ4n) is 1.54. The van der Waals surface area contributed by atoms with Crippen LogP contribution in [0.25, 0.3) is 0 Å². The van der Waals surface area contributed by atoms with Gasteiger partial charge in [0.2, 0.25) is 0 Å². The standard InChI is InChI=1S/C12H19N3O4/c1-12(2,3)15(6-4-10(16)17)11(18)13-8-9-5-7-19-14-9/h5,7H,4,6,8H2,1-3H3,(H,13,18)(H,16,17). The molecule has 7 heteroatoms. The Bertz CT molecular complexity index is 423. The third-order valence-corrected chi connectivity index (χ3v) is 2.52. The molecule has 0 bridgehead atoms. The zero-order valence-electron chi connectivity index (χ0n) is 11.3. The van der Waals surface area contributed by atoms with Gasteiger partial charge in [-0.1, -0.05) is 5.16 Å². The average molecular weight is 269 g/mol. The summed E-state index contributed by atoms with van der Waals surface area (Å²) in [7, 11) is 0. The van der Waals surface area contributed by atoms with E-state index in [2.05, 4.69) is 15.0 Å². The lowest BCUT2D eigenvalue weighted by atomic mass is 10.1. The third kappa shape index (κ3) is 4.99. The largest absolute Gasteiger partial charge is 0.481 e. The van der Waals surface area contributed by atoms with Gasteiger partial charge in [0.25, 0.3) is 0 Å². The van der Waals surface area contributed by atoms with Gasteiger partial charge in [0.05, 0.1) is 13.0 Å². The Kier molecular flexibility index (Phi) is 4.91. The van der Waals surface area contributed by atoms with Crippen molar-refractivity contribution in [3.8, 4) is 0 Å². The number of urea groups is 1. The molecule has 1 heterocycles. The molecule has 2 N–H and O–H groups in total. The van der Waals surface area contributed by atoms with Crippen LogP contribution in [0.3, 0.4) is 0 Å². The van der Waals surface area contributed by atoms with Crippen molar-refractivity contribution in [1.82, 2.24) is 15.4 Å². The van der Waals surface area contributed by atoms with Crippen LogP contribution in [0.1, 0.15) is 32.9 Å². The van der Waals surface area contributed by atoms with E-state index in [1.165, 1.54) is 11.2 Å². The second kappa shape index (κ2) is 6.21. The summed E-state index contributed by atoms with van der Waals surface area (Å²) in [6, 6.07) is 1.33. The lowest BCUT2D eigenvalue weighted by molar-refractivity contribution is -0.137. The Morgan fingerprint density at radius 1 is 1.47 bits per heavy atom. The second-order valence-electron chi connectivity index (χ2n) is 5.12. The maximum absolute atomic E-state index is 12.1. The second-order valence-corrected chi connectivity index (χ2v) is 5.12. The van der Waals surface area contributed by atoms with E-state index in [9.17, 15) is 9.59 Å². The van der Waals surface area contributed by atoms with Crippen LogP contribution < -0.4 is 5.32 Å². The van der Waals surface area contributed by atoms with Gasteiger partial charge in [-0.3, -0.25) is 4.79 Å². The molecule has 0 atom stereocenters. The van der Waals surface area contributed by atoms with Crippen LogP contribution in [0, 0.1) is 0 Å². The van der Waals surface area contributed by atoms with Gasteiger partial charge >= 0.3 is 12.0 Å². The molecule has 0 saturated heterocycles. The minimum Gasteiger partial charge on any atom is -0.481 e. The monoisotopic (exact) mass is 269 g/mol. The van der Waals surface area contributed by atoms with Crippen molar-refractivity contribution >= 4 is 12.0 Å². The maximum atomic E-state index is 12.1. The normalized spacial score (nSPS) is 11.1. The highest BCUT2D eigenvalue weighted by Gasteiger charge is 2.26. The summed E-state index contributed by atoms with van der Waals surface area (Å²) in [5.41, 5.74) is 0.157. The fourth-order valence-corrected chi connectivity index (χ4v) is 1.54. The van der Waals surface area contributed by atoms with E-state index in [-0.39, 0.29) is 25.5 Å². The minimum atomic E-state index is -0.932. The zero-order chi connectivity index (χ0) is 14.5. The molecule has 0 aliphatic rings. The van der Waals surface area contributed by atoms with Crippen molar-refractivity contribution in [2.75, 3.05) is 6.54 Å². The van der Waals surface area contributed by atoms with E-state index in [1.807, 2.05) is 20.8 Å². The molecule has 106 valence electrons. The van der Waals surface area contributed by atoms with Crippen LogP contribution in [-0.4, -0.2) is 39.2 Å². The Balaban J connectivity index is 2.58. The van der Waals surface area contributed by atoms with Gasteiger partial charge in [-0.25, -0.2) is 4.79 Å². The number of aromatic nitrogens is 1. The molecule has 19 heavy (non-hydrogen) atoms. The Labute approximate surface area is 111 Å². The predicted molar refractivity (Wildman–Crippen MR) is 67.5 cm³/mol. The number of carbonyl (C=O) groups is 2. The summed E-state index contributed by atoms with van der Waals surface area (Å²) in [5.74, 6) is -0.932. The first-order chi connectivity index (χ1) is 8.80. The Hall–Kier alpha value is -2.05. The van der Waals surface area contributed by atoms with Crippen molar-refractivity contribution in [2.45, 2.75) is 39.3 Å². The summed E-state index contributed by atoms with van der Waals surface area (Å²) in [4.78, 5) is 24.2. The maximum Gasteiger partial charge on any atom is 0.318 e. The molecular weight excluding hydrogens is 250 g/mol. The molecule has 0 aromatic carbocycles. The molecule has 0 fully saturated rings. The number of carbonyl (C=O) groups excluding carboxylic acids is 1. The van der Waals surface area contributed by atoms with Gasteiger partial charge in [0, 0.05) is 18.2 Å². The molecule has 0 unspecified atom stereocenters. The van der Waals surface area contributed by atoms with Crippen LogP contribution in [0.15, 0.2) is 16.9 Å². The Morgan fingerprint density at radius 3 is 2.63 bits per heavy atom. The minimum absolute atomic E-state index is 0.0886. The van der Waals surface area contributed by atoms with Gasteiger partial charge in [-0.2, -0.15) is 0 Å². The fraction of sp³-hybridized carbons (Fsp3) is 0.583. The van der Waals surface area contributed by atoms with Crippen LogP contribution in [0.5, 0.6) is 0 Å². The summed E-state index contributed by atoms with van der Waals surface area (Å²) in [6.07, 6.45) is 1.34. The topological polar surface area (TPSA) is 95.7 Å². The van der Waals surface area contributed by atoms with Crippen molar-refractivity contribution < 1.29 is 19.2 Å². The molecule has 2 amide bonds. The highest BCUT2D eigenvalue weighted by Crippen LogP contribution is 2.14. The van der Waals surface area contributed by atoms with E-state index >= 15 is 0 Å². The molecule has 0 spiro atoms. The van der Waals surface area contributed by atoms with Crippen LogP contribution in [-0.2, 0) is 11.3 Å². The Morgan fingerprint density at radius 2 is 2.16 bits per heavy atom. The highest BCUT2D eigenvalue weighted by molar-refractivity contribution is 5.76. The third-order valence-electron chi connectivity index (χ3n) is 2.52. The molecule has 0 aliphatic heterocycles. The van der Waals surface area contributed by atoms with E-state index in [4.69, 9.17) is 5.11 Å². The lowest BCUT2D eigenvalue weighted by Gasteiger charge is -2.35. The number of aliphatic carboxylic acids is 1. The molecule has 0 saturated carbocycles. The summed E-state index contributed by atoms with van der Waals surface area (Å²) >= 11 is 0. The van der Waals surface area contributed by atoms with E-state index in [0.29, 0.717) is 5.69 Å². The lowest BCUT2D eigenvalue weighted by Crippen LogP contribution is -2.50. The number of nitrogens with zero attached hydrogens (tertiary/aromatic N) is 2. The van der Waals surface area contributed by atoms with E-state index in [1.54, 1.807) is 6.07 Å². The SMILES string of the molecule is CC(C)(C)N(CCC(=O)O)C(=O)NCc1ccon1. The number of carboxylic acid groups (broad SMARTS) is 1. The molecule has 7 nitrogen and oxygen atoms in total. The predicted octanol–water partition coefficient (Wildman–Crippen LogP) is 1.46. The molecule has 0 radical (unpaired) electrons. The molecular formula is C12H19N3O4. The van der Waals surface area contributed by atoms with Crippen molar-refractivity contribution in [1.29, 1.82) is 0 Å². The quantitative estimate of drug-likeness (QED) is 0.843.